The van der Waals surface area contributed by atoms with E-state index in [1.807, 2.05) is 65.6 Å². The molecule has 4 N–H and O–H groups in total. The van der Waals surface area contributed by atoms with Gasteiger partial charge < -0.3 is 11.1 Å². The van der Waals surface area contributed by atoms with Crippen LogP contribution in [-0.2, 0) is 9.59 Å². The Bertz CT molecular complexity index is 826. The number of likely N-dealkylation sites (tertiary alicyclic amines) is 1. The van der Waals surface area contributed by atoms with E-state index < -0.39 is 18.0 Å². The molecule has 1 aliphatic rings. The number of piperidine rings is 1. The predicted octanol–water partition coefficient (Wildman–Crippen LogP) is 2.27. The highest BCUT2D eigenvalue weighted by Gasteiger charge is 2.34. The Morgan fingerprint density at radius 1 is 1.00 bits per heavy atom. The van der Waals surface area contributed by atoms with Crippen LogP contribution in [0.4, 0.5) is 10.5 Å². The lowest BCUT2D eigenvalue weighted by Crippen LogP contribution is -2.49. The second-order valence-electron chi connectivity index (χ2n) is 6.86. The summed E-state index contributed by atoms with van der Waals surface area (Å²) in [5.41, 5.74) is 6.65. The van der Waals surface area contributed by atoms with E-state index >= 15 is 0 Å². The highest BCUT2D eigenvalue weighted by Crippen LogP contribution is 2.28. The summed E-state index contributed by atoms with van der Waals surface area (Å²) < 4.78 is 0. The fourth-order valence-electron chi connectivity index (χ4n) is 3.57. The van der Waals surface area contributed by atoms with Gasteiger partial charge in [-0.2, -0.15) is 0 Å². The molecule has 0 bridgehead atoms. The predicted molar refractivity (Wildman–Crippen MR) is 106 cm³/mol. The number of primary amides is 1. The first kappa shape index (κ1) is 19.6. The standard InChI is InChI=1S/C21H24N4O3/c22-21(28)24-20(27)18(15-8-3-1-4-9-15)25-13-7-10-16(14-25)19(26)23-17-11-5-2-6-12-17/h1-6,8-9,11-12,16,18H,7,10,13-14H2,(H,23,26)(H3,22,24,27,28). The van der Waals surface area contributed by atoms with Crippen molar-refractivity contribution in [1.29, 1.82) is 0 Å². The first-order valence-electron chi connectivity index (χ1n) is 9.30. The van der Waals surface area contributed by atoms with Crippen LogP contribution in [0, 0.1) is 5.92 Å². The van der Waals surface area contributed by atoms with Crippen LogP contribution >= 0.6 is 0 Å². The summed E-state index contributed by atoms with van der Waals surface area (Å²) in [6, 6.07) is 16.9. The third-order valence-corrected chi connectivity index (χ3v) is 4.84. The summed E-state index contributed by atoms with van der Waals surface area (Å²) in [6.45, 7) is 1.07. The highest BCUT2D eigenvalue weighted by atomic mass is 16.2. The summed E-state index contributed by atoms with van der Waals surface area (Å²) >= 11 is 0. The number of para-hydroxylation sites is 1. The summed E-state index contributed by atoms with van der Waals surface area (Å²) in [7, 11) is 0. The van der Waals surface area contributed by atoms with Crippen molar-refractivity contribution in [3.05, 3.63) is 66.2 Å². The highest BCUT2D eigenvalue weighted by molar-refractivity contribution is 5.97. The maximum absolute atomic E-state index is 12.7. The van der Waals surface area contributed by atoms with Crippen molar-refractivity contribution in [2.24, 2.45) is 11.7 Å². The number of carbonyl (C=O) groups is 3. The van der Waals surface area contributed by atoms with Crippen LogP contribution in [-0.4, -0.2) is 35.8 Å². The number of rotatable bonds is 5. The molecule has 1 fully saturated rings. The van der Waals surface area contributed by atoms with Crippen molar-refractivity contribution >= 4 is 23.5 Å². The minimum Gasteiger partial charge on any atom is -0.351 e. The number of nitrogens with two attached hydrogens (primary N) is 1. The van der Waals surface area contributed by atoms with Gasteiger partial charge in [-0.05, 0) is 37.1 Å². The Balaban J connectivity index is 1.76. The second-order valence-corrected chi connectivity index (χ2v) is 6.86. The third kappa shape index (κ3) is 4.95. The zero-order valence-electron chi connectivity index (χ0n) is 15.5. The van der Waals surface area contributed by atoms with Gasteiger partial charge in [0.05, 0.1) is 5.92 Å². The van der Waals surface area contributed by atoms with Gasteiger partial charge in [-0.25, -0.2) is 4.79 Å². The summed E-state index contributed by atoms with van der Waals surface area (Å²) in [5, 5.41) is 5.11. The average Bonchev–Trinajstić information content (AvgIpc) is 2.69. The zero-order valence-corrected chi connectivity index (χ0v) is 15.5. The van der Waals surface area contributed by atoms with Gasteiger partial charge in [0.15, 0.2) is 0 Å². The lowest BCUT2D eigenvalue weighted by molar-refractivity contribution is -0.129. The van der Waals surface area contributed by atoms with Gasteiger partial charge in [-0.1, -0.05) is 48.5 Å². The smallest absolute Gasteiger partial charge is 0.318 e. The Morgan fingerprint density at radius 3 is 2.29 bits per heavy atom. The number of hydrogen-bond acceptors (Lipinski definition) is 4. The number of hydrogen-bond donors (Lipinski definition) is 3. The average molecular weight is 380 g/mol. The maximum atomic E-state index is 12.7. The topological polar surface area (TPSA) is 105 Å². The minimum atomic E-state index is -0.888. The van der Waals surface area contributed by atoms with Crippen molar-refractivity contribution in [3.8, 4) is 0 Å². The van der Waals surface area contributed by atoms with Crippen LogP contribution in [0.15, 0.2) is 60.7 Å². The fourth-order valence-corrected chi connectivity index (χ4v) is 3.57. The molecule has 0 spiro atoms. The first-order chi connectivity index (χ1) is 13.5. The number of carbonyl (C=O) groups excluding carboxylic acids is 3. The summed E-state index contributed by atoms with van der Waals surface area (Å²) in [6.07, 6.45) is 1.52. The molecule has 28 heavy (non-hydrogen) atoms. The molecule has 2 unspecified atom stereocenters. The molecule has 1 saturated heterocycles. The van der Waals surface area contributed by atoms with Crippen molar-refractivity contribution in [2.75, 3.05) is 18.4 Å². The number of nitrogens with zero attached hydrogens (tertiary/aromatic N) is 1. The molecular formula is C21H24N4O3. The number of anilines is 1. The number of imide groups is 1. The lowest BCUT2D eigenvalue weighted by Gasteiger charge is -2.37. The van der Waals surface area contributed by atoms with E-state index in [4.69, 9.17) is 5.73 Å². The molecule has 4 amide bonds. The molecule has 0 aromatic heterocycles. The summed E-state index contributed by atoms with van der Waals surface area (Å²) in [4.78, 5) is 38.5. The van der Waals surface area contributed by atoms with Crippen LogP contribution in [0.25, 0.3) is 0 Å². The van der Waals surface area contributed by atoms with E-state index in [1.165, 1.54) is 0 Å². The molecule has 0 saturated carbocycles. The largest absolute Gasteiger partial charge is 0.351 e. The van der Waals surface area contributed by atoms with E-state index in [2.05, 4.69) is 10.6 Å². The molecule has 0 radical (unpaired) electrons. The van der Waals surface area contributed by atoms with Gasteiger partial charge in [-0.15, -0.1) is 0 Å². The maximum Gasteiger partial charge on any atom is 0.318 e. The third-order valence-electron chi connectivity index (χ3n) is 4.84. The van der Waals surface area contributed by atoms with Gasteiger partial charge in [0.1, 0.15) is 6.04 Å². The van der Waals surface area contributed by atoms with Crippen LogP contribution in [0.2, 0.25) is 0 Å². The molecule has 1 heterocycles. The van der Waals surface area contributed by atoms with E-state index in [1.54, 1.807) is 0 Å². The van der Waals surface area contributed by atoms with Crippen LogP contribution in [0.1, 0.15) is 24.4 Å². The minimum absolute atomic E-state index is 0.0713. The SMILES string of the molecule is NC(=O)NC(=O)C(c1ccccc1)N1CCCC(C(=O)Nc2ccccc2)C1. The molecular weight excluding hydrogens is 356 g/mol. The van der Waals surface area contributed by atoms with Gasteiger partial charge in [0, 0.05) is 12.2 Å². The molecule has 1 aliphatic heterocycles. The number of urea groups is 1. The number of nitrogens with one attached hydrogen (secondary N) is 2. The molecule has 0 aliphatic carbocycles. The summed E-state index contributed by atoms with van der Waals surface area (Å²) in [5.74, 6) is -0.803. The normalized spacial score (nSPS) is 18.1. The Labute approximate surface area is 163 Å². The molecule has 3 rings (SSSR count). The van der Waals surface area contributed by atoms with Gasteiger partial charge in [0.25, 0.3) is 0 Å². The Kier molecular flexibility index (Phi) is 6.39. The van der Waals surface area contributed by atoms with E-state index in [9.17, 15) is 14.4 Å². The molecule has 7 nitrogen and oxygen atoms in total. The van der Waals surface area contributed by atoms with E-state index in [0.29, 0.717) is 13.1 Å². The van der Waals surface area contributed by atoms with Crippen molar-refractivity contribution in [2.45, 2.75) is 18.9 Å². The zero-order chi connectivity index (χ0) is 19.9. The quantitative estimate of drug-likeness (QED) is 0.740. The van der Waals surface area contributed by atoms with E-state index in [0.717, 1.165) is 24.1 Å². The molecule has 2 atom stereocenters. The molecule has 7 heteroatoms. The van der Waals surface area contributed by atoms with Gasteiger partial charge in [-0.3, -0.25) is 19.8 Å². The second kappa shape index (κ2) is 9.14. The van der Waals surface area contributed by atoms with Crippen molar-refractivity contribution in [3.63, 3.8) is 0 Å². The van der Waals surface area contributed by atoms with Gasteiger partial charge in [0.2, 0.25) is 11.8 Å². The Hall–Kier alpha value is -3.19. The molecule has 2 aromatic rings. The van der Waals surface area contributed by atoms with Crippen molar-refractivity contribution < 1.29 is 14.4 Å². The van der Waals surface area contributed by atoms with Crippen LogP contribution in [0.5, 0.6) is 0 Å². The number of benzene rings is 2. The monoisotopic (exact) mass is 380 g/mol. The van der Waals surface area contributed by atoms with Crippen LogP contribution < -0.4 is 16.4 Å². The van der Waals surface area contributed by atoms with Crippen LogP contribution in [0.3, 0.4) is 0 Å². The first-order valence-corrected chi connectivity index (χ1v) is 9.30. The van der Waals surface area contributed by atoms with E-state index in [-0.39, 0.29) is 11.8 Å². The van der Waals surface area contributed by atoms with Gasteiger partial charge >= 0.3 is 6.03 Å². The van der Waals surface area contributed by atoms with Crippen molar-refractivity contribution in [1.82, 2.24) is 10.2 Å². The molecule has 2 aromatic carbocycles. The molecule has 146 valence electrons. The number of amides is 4. The lowest BCUT2D eigenvalue weighted by atomic mass is 9.93. The Morgan fingerprint density at radius 2 is 1.64 bits per heavy atom. The fraction of sp³-hybridized carbons (Fsp3) is 0.286.